The molecule has 3 rings (SSSR count). The fourth-order valence-electron chi connectivity index (χ4n) is 2.15. The van der Waals surface area contributed by atoms with Gasteiger partial charge >= 0.3 is 0 Å². The number of benzene rings is 2. The van der Waals surface area contributed by atoms with Crippen molar-refractivity contribution in [3.05, 3.63) is 51.5 Å². The highest BCUT2D eigenvalue weighted by Gasteiger charge is 2.18. The van der Waals surface area contributed by atoms with E-state index in [1.165, 1.54) is 25.3 Å². The molecule has 3 aromatic rings. The number of fused-ring (bicyclic) bond motifs is 1. The predicted octanol–water partition coefficient (Wildman–Crippen LogP) is 4.13. The zero-order chi connectivity index (χ0) is 18.7. The Labute approximate surface area is 156 Å². The lowest BCUT2D eigenvalue weighted by Gasteiger charge is -2.06. The van der Waals surface area contributed by atoms with Gasteiger partial charge in [-0.3, -0.25) is 14.9 Å². The van der Waals surface area contributed by atoms with Crippen molar-refractivity contribution < 1.29 is 18.9 Å². The first-order valence-corrected chi connectivity index (χ1v) is 8.64. The number of nitro groups is 1. The molecule has 0 atom stereocenters. The highest BCUT2D eigenvalue weighted by molar-refractivity contribution is 7.99. The van der Waals surface area contributed by atoms with E-state index in [0.717, 1.165) is 11.8 Å². The van der Waals surface area contributed by atoms with Crippen molar-refractivity contribution in [1.82, 2.24) is 4.98 Å². The first kappa shape index (κ1) is 18.0. The molecule has 0 bridgehead atoms. The van der Waals surface area contributed by atoms with E-state index in [1.54, 1.807) is 18.2 Å². The Morgan fingerprint density at radius 3 is 2.92 bits per heavy atom. The first-order valence-electron chi connectivity index (χ1n) is 7.27. The molecule has 134 valence electrons. The van der Waals surface area contributed by atoms with Crippen LogP contribution in [0.4, 0.5) is 11.4 Å². The molecule has 1 N–H and O–H groups in total. The minimum Gasteiger partial charge on any atom is -0.496 e. The Hall–Kier alpha value is -2.78. The molecule has 1 heterocycles. The standard InChI is InChI=1S/C16H12ClN3O5S/c1-24-10-3-5-11(13(7-10)20(22)23)18-15(21)8-26-16-19-12-4-2-9(17)6-14(12)25-16/h2-7H,8H2,1H3,(H,18,21). The number of amides is 1. The van der Waals surface area contributed by atoms with E-state index in [0.29, 0.717) is 27.1 Å². The lowest BCUT2D eigenvalue weighted by molar-refractivity contribution is -0.384. The van der Waals surface area contributed by atoms with E-state index in [9.17, 15) is 14.9 Å². The Balaban J connectivity index is 1.67. The second-order valence-corrected chi connectivity index (χ2v) is 6.43. The first-order chi connectivity index (χ1) is 12.5. The predicted molar refractivity (Wildman–Crippen MR) is 98.0 cm³/mol. The molecule has 8 nitrogen and oxygen atoms in total. The molecular formula is C16H12ClN3O5S. The number of thioether (sulfide) groups is 1. The largest absolute Gasteiger partial charge is 0.496 e. The van der Waals surface area contributed by atoms with E-state index in [1.807, 2.05) is 0 Å². The summed E-state index contributed by atoms with van der Waals surface area (Å²) in [5.74, 6) is -0.123. The minimum atomic E-state index is -0.587. The molecule has 0 aliphatic heterocycles. The minimum absolute atomic E-state index is 0.0241. The van der Waals surface area contributed by atoms with Gasteiger partial charge in [0.1, 0.15) is 17.0 Å². The van der Waals surface area contributed by atoms with Gasteiger partial charge in [0.15, 0.2) is 5.58 Å². The van der Waals surface area contributed by atoms with Gasteiger partial charge in [-0.1, -0.05) is 23.4 Å². The topological polar surface area (TPSA) is 108 Å². The highest BCUT2D eigenvalue weighted by Crippen LogP contribution is 2.30. The molecule has 0 saturated carbocycles. The number of methoxy groups -OCH3 is 1. The number of anilines is 1. The molecule has 2 aromatic carbocycles. The lowest BCUT2D eigenvalue weighted by atomic mass is 10.2. The number of carbonyl (C=O) groups excluding carboxylic acids is 1. The van der Waals surface area contributed by atoms with Crippen molar-refractivity contribution in [3.63, 3.8) is 0 Å². The molecule has 1 amide bonds. The van der Waals surface area contributed by atoms with Crippen LogP contribution in [0.15, 0.2) is 46.0 Å². The normalized spacial score (nSPS) is 10.7. The van der Waals surface area contributed by atoms with Gasteiger partial charge in [-0.05, 0) is 24.3 Å². The fraction of sp³-hybridized carbons (Fsp3) is 0.125. The van der Waals surface area contributed by atoms with E-state index >= 15 is 0 Å². The Morgan fingerprint density at radius 1 is 1.38 bits per heavy atom. The van der Waals surface area contributed by atoms with E-state index in [2.05, 4.69) is 10.3 Å². The number of halogens is 1. The third kappa shape index (κ3) is 4.06. The molecular weight excluding hydrogens is 382 g/mol. The summed E-state index contributed by atoms with van der Waals surface area (Å²) in [7, 11) is 1.40. The number of nitrogens with one attached hydrogen (secondary N) is 1. The maximum atomic E-state index is 12.1. The molecule has 10 heteroatoms. The number of rotatable bonds is 6. The van der Waals surface area contributed by atoms with Crippen LogP contribution in [-0.4, -0.2) is 28.7 Å². The van der Waals surface area contributed by atoms with Crippen LogP contribution in [0, 0.1) is 10.1 Å². The maximum absolute atomic E-state index is 12.1. The van der Waals surface area contributed by atoms with Crippen LogP contribution in [0.5, 0.6) is 5.75 Å². The Morgan fingerprint density at radius 2 is 2.19 bits per heavy atom. The Kier molecular flexibility index (Phi) is 5.29. The fourth-order valence-corrected chi connectivity index (χ4v) is 2.95. The second kappa shape index (κ2) is 7.63. The molecule has 0 unspecified atom stereocenters. The van der Waals surface area contributed by atoms with Crippen LogP contribution in [0.1, 0.15) is 0 Å². The average Bonchev–Trinajstić information content (AvgIpc) is 3.02. The molecule has 0 spiro atoms. The quantitative estimate of drug-likeness (QED) is 0.381. The highest BCUT2D eigenvalue weighted by atomic mass is 35.5. The van der Waals surface area contributed by atoms with Crippen molar-refractivity contribution in [3.8, 4) is 5.75 Å². The second-order valence-electron chi connectivity index (χ2n) is 5.07. The Bertz CT molecular complexity index is 991. The van der Waals surface area contributed by atoms with Crippen LogP contribution in [0.3, 0.4) is 0 Å². The van der Waals surface area contributed by atoms with E-state index < -0.39 is 10.8 Å². The molecule has 0 aliphatic rings. The van der Waals surface area contributed by atoms with Gasteiger partial charge in [-0.2, -0.15) is 0 Å². The van der Waals surface area contributed by atoms with Crippen LogP contribution >= 0.6 is 23.4 Å². The lowest BCUT2D eigenvalue weighted by Crippen LogP contribution is -2.15. The van der Waals surface area contributed by atoms with Crippen LogP contribution in [-0.2, 0) is 4.79 Å². The number of aromatic nitrogens is 1. The third-order valence-corrected chi connectivity index (χ3v) is 4.40. The molecule has 26 heavy (non-hydrogen) atoms. The number of hydrogen-bond donors (Lipinski definition) is 1. The summed E-state index contributed by atoms with van der Waals surface area (Å²) in [6, 6.07) is 9.23. The summed E-state index contributed by atoms with van der Waals surface area (Å²) in [4.78, 5) is 26.9. The smallest absolute Gasteiger partial charge is 0.296 e. The summed E-state index contributed by atoms with van der Waals surface area (Å²) >= 11 is 6.96. The maximum Gasteiger partial charge on any atom is 0.296 e. The van der Waals surface area contributed by atoms with Gasteiger partial charge in [-0.25, -0.2) is 4.98 Å². The van der Waals surface area contributed by atoms with Crippen LogP contribution in [0.25, 0.3) is 11.1 Å². The van der Waals surface area contributed by atoms with Gasteiger partial charge in [-0.15, -0.1) is 0 Å². The van der Waals surface area contributed by atoms with Crippen LogP contribution in [0.2, 0.25) is 5.02 Å². The molecule has 0 radical (unpaired) electrons. The van der Waals surface area contributed by atoms with Crippen molar-refractivity contribution in [2.24, 2.45) is 0 Å². The average molecular weight is 394 g/mol. The van der Waals surface area contributed by atoms with Gasteiger partial charge in [0.2, 0.25) is 5.91 Å². The van der Waals surface area contributed by atoms with Gasteiger partial charge < -0.3 is 14.5 Å². The van der Waals surface area contributed by atoms with Gasteiger partial charge in [0.25, 0.3) is 10.9 Å². The van der Waals surface area contributed by atoms with E-state index in [-0.39, 0.29) is 17.1 Å². The molecule has 0 aliphatic carbocycles. The molecule has 0 fully saturated rings. The summed E-state index contributed by atoms with van der Waals surface area (Å²) in [6.07, 6.45) is 0. The number of nitro benzene ring substituents is 1. The van der Waals surface area contributed by atoms with Crippen molar-refractivity contribution in [1.29, 1.82) is 0 Å². The van der Waals surface area contributed by atoms with Crippen molar-refractivity contribution >= 4 is 51.7 Å². The number of carbonyl (C=O) groups is 1. The molecule has 0 saturated heterocycles. The summed E-state index contributed by atoms with van der Waals surface area (Å²) in [6.45, 7) is 0. The number of ether oxygens (including phenoxy) is 1. The van der Waals surface area contributed by atoms with Crippen molar-refractivity contribution in [2.75, 3.05) is 18.2 Å². The monoisotopic (exact) mass is 393 g/mol. The summed E-state index contributed by atoms with van der Waals surface area (Å²) in [5.41, 5.74) is 0.985. The van der Waals surface area contributed by atoms with Gasteiger partial charge in [0, 0.05) is 11.1 Å². The van der Waals surface area contributed by atoms with Crippen molar-refractivity contribution in [2.45, 2.75) is 5.22 Å². The summed E-state index contributed by atoms with van der Waals surface area (Å²) < 4.78 is 10.5. The third-order valence-electron chi connectivity index (χ3n) is 3.33. The SMILES string of the molecule is COc1ccc(NC(=O)CSc2nc3ccc(Cl)cc3o2)c([N+](=O)[O-])c1. The number of hydrogen-bond acceptors (Lipinski definition) is 7. The van der Waals surface area contributed by atoms with Crippen LogP contribution < -0.4 is 10.1 Å². The zero-order valence-electron chi connectivity index (χ0n) is 13.4. The van der Waals surface area contributed by atoms with Gasteiger partial charge in [0.05, 0.1) is 23.9 Å². The van der Waals surface area contributed by atoms with E-state index in [4.69, 9.17) is 20.8 Å². The zero-order valence-corrected chi connectivity index (χ0v) is 15.0. The number of oxazole rings is 1. The molecule has 1 aromatic heterocycles. The number of nitrogens with zero attached hydrogens (tertiary/aromatic N) is 2. The summed E-state index contributed by atoms with van der Waals surface area (Å²) in [5, 5.41) is 14.5.